The van der Waals surface area contributed by atoms with Gasteiger partial charge in [-0.25, -0.2) is 40.5 Å². The van der Waals surface area contributed by atoms with Gasteiger partial charge in [0.15, 0.2) is 5.82 Å². The predicted molar refractivity (Wildman–Crippen MR) is 145 cm³/mol. The van der Waals surface area contributed by atoms with Crippen molar-refractivity contribution in [2.75, 3.05) is 0 Å². The van der Waals surface area contributed by atoms with Gasteiger partial charge in [0.2, 0.25) is 69.7 Å². The molecule has 0 saturated carbocycles. The molecule has 2 aliphatic rings. The molecule has 0 aliphatic carbocycles. The number of esters is 2. The molecular formula is C30H15F10N3O6. The number of carbonyl (C=O) groups is 2. The van der Waals surface area contributed by atoms with E-state index in [1.807, 2.05) is 0 Å². The van der Waals surface area contributed by atoms with E-state index in [2.05, 4.69) is 14.5 Å². The van der Waals surface area contributed by atoms with E-state index in [1.54, 1.807) is 6.92 Å². The molecule has 2 aliphatic heterocycles. The second-order valence-corrected chi connectivity index (χ2v) is 10.3. The maximum atomic E-state index is 13.9. The molecule has 0 aromatic heterocycles. The molecule has 49 heavy (non-hydrogen) atoms. The summed E-state index contributed by atoms with van der Waals surface area (Å²) in [6, 6.07) is 4.16. The van der Waals surface area contributed by atoms with Crippen molar-refractivity contribution < 1.29 is 63.0 Å². The van der Waals surface area contributed by atoms with E-state index in [-0.39, 0.29) is 22.4 Å². The highest BCUT2D eigenvalue weighted by atomic mass is 19.2. The fourth-order valence-corrected chi connectivity index (χ4v) is 4.94. The van der Waals surface area contributed by atoms with Crippen molar-refractivity contribution in [1.82, 2.24) is 14.1 Å². The predicted octanol–water partition coefficient (Wildman–Crippen LogP) is 5.04. The molecule has 0 unspecified atom stereocenters. The Labute approximate surface area is 264 Å². The summed E-state index contributed by atoms with van der Waals surface area (Å²) in [7, 11) is 1.38. The fourth-order valence-electron chi connectivity index (χ4n) is 4.94. The normalized spacial score (nSPS) is 11.4. The average molecular weight is 703 g/mol. The molecular weight excluding hydrogens is 688 g/mol. The monoisotopic (exact) mass is 703 g/mol. The number of nitrogens with zero attached hydrogens (tertiary/aromatic N) is 3. The van der Waals surface area contributed by atoms with E-state index in [4.69, 9.17) is 0 Å². The Balaban J connectivity index is 1.43. The van der Waals surface area contributed by atoms with Crippen LogP contribution >= 0.6 is 0 Å². The largest absolute Gasteiger partial charge is 0.420 e. The first-order chi connectivity index (χ1) is 23.0. The highest BCUT2D eigenvalue weighted by Crippen LogP contribution is 2.32. The van der Waals surface area contributed by atoms with Gasteiger partial charge < -0.3 is 14.0 Å². The molecule has 0 amide bonds. The lowest BCUT2D eigenvalue weighted by Gasteiger charge is -2.18. The van der Waals surface area contributed by atoms with Crippen molar-refractivity contribution in [3.8, 4) is 22.9 Å². The summed E-state index contributed by atoms with van der Waals surface area (Å²) < 4.78 is 146. The van der Waals surface area contributed by atoms with Crippen LogP contribution in [0.4, 0.5) is 43.9 Å². The number of hydrogen-bond acceptors (Lipinski definition) is 7. The smallest absolute Gasteiger partial charge is 0.353 e. The minimum atomic E-state index is -2.51. The summed E-state index contributed by atoms with van der Waals surface area (Å²) in [4.78, 5) is 54.3. The Hall–Kier alpha value is -5.75. The third kappa shape index (κ3) is 5.84. The first-order valence-electron chi connectivity index (χ1n) is 13.4. The van der Waals surface area contributed by atoms with Crippen molar-refractivity contribution >= 4 is 22.8 Å². The highest BCUT2D eigenvalue weighted by Gasteiger charge is 2.30. The Kier molecular flexibility index (Phi) is 8.96. The van der Waals surface area contributed by atoms with Crippen LogP contribution in [0.15, 0.2) is 27.8 Å². The average Bonchev–Trinajstić information content (AvgIpc) is 3.07. The Morgan fingerprint density at radius 1 is 0.714 bits per heavy atom. The van der Waals surface area contributed by atoms with Crippen molar-refractivity contribution in [2.24, 2.45) is 7.05 Å². The minimum Gasteiger partial charge on any atom is -0.420 e. The Morgan fingerprint density at radius 2 is 1.18 bits per heavy atom. The lowest BCUT2D eigenvalue weighted by molar-refractivity contribution is -0.136. The lowest BCUT2D eigenvalue weighted by atomic mass is 9.98. The molecule has 0 fully saturated rings. The number of pyridine rings is 1. The number of ether oxygens (including phenoxy) is 2. The van der Waals surface area contributed by atoms with Crippen molar-refractivity contribution in [3.63, 3.8) is 0 Å². The van der Waals surface area contributed by atoms with Crippen LogP contribution in [-0.2, 0) is 29.6 Å². The number of halogens is 10. The number of hydrogen-bond donors (Lipinski definition) is 0. The second kappa shape index (κ2) is 12.7. The van der Waals surface area contributed by atoms with E-state index in [1.165, 1.54) is 29.8 Å². The molecule has 0 spiro atoms. The molecule has 5 rings (SSSR count). The first kappa shape index (κ1) is 34.6. The second-order valence-electron chi connectivity index (χ2n) is 10.3. The molecule has 256 valence electrons. The van der Waals surface area contributed by atoms with E-state index < -0.39 is 106 Å². The maximum absolute atomic E-state index is 13.9. The summed E-state index contributed by atoms with van der Waals surface area (Å²) in [6.45, 7) is 0.203. The zero-order valence-electron chi connectivity index (χ0n) is 24.4. The van der Waals surface area contributed by atoms with Gasteiger partial charge >= 0.3 is 17.6 Å². The van der Waals surface area contributed by atoms with Crippen LogP contribution in [0.5, 0.6) is 11.5 Å². The summed E-state index contributed by atoms with van der Waals surface area (Å²) in [5.41, 5.74) is -1.62. The number of carbonyl (C=O) groups excluding carboxylic acids is 2. The summed E-state index contributed by atoms with van der Waals surface area (Å²) >= 11 is 0. The number of rotatable bonds is 7. The van der Waals surface area contributed by atoms with Gasteiger partial charge in [-0.2, -0.15) is 22.5 Å². The van der Waals surface area contributed by atoms with E-state index in [0.717, 1.165) is 0 Å². The van der Waals surface area contributed by atoms with Gasteiger partial charge in [-0.15, -0.1) is 0 Å². The third-order valence-corrected chi connectivity index (χ3v) is 7.33. The topological polar surface area (TPSA) is 109 Å². The van der Waals surface area contributed by atoms with Gasteiger partial charge in [-0.05, 0) is 35.9 Å². The Bertz CT molecular complexity index is 2280. The van der Waals surface area contributed by atoms with Crippen LogP contribution in [0.25, 0.3) is 22.3 Å². The first-order valence-corrected chi connectivity index (χ1v) is 13.4. The maximum Gasteiger partial charge on any atom is 0.353 e. The molecule has 0 atom stereocenters. The fraction of sp³-hybridized carbons (Fsp3) is 0.167. The zero-order valence-corrected chi connectivity index (χ0v) is 24.4. The van der Waals surface area contributed by atoms with Crippen LogP contribution < -0.4 is 20.7 Å². The molecule has 9 nitrogen and oxygen atoms in total. The molecule has 2 heterocycles. The molecule has 0 bridgehead atoms. The summed E-state index contributed by atoms with van der Waals surface area (Å²) in [5, 5.41) is 0.327. The van der Waals surface area contributed by atoms with Gasteiger partial charge in [0.1, 0.15) is 6.54 Å². The minimum absolute atomic E-state index is 0.180. The number of benzene rings is 3. The SMILES string of the molecule is Cc1c(CCC(=O)Oc2c(F)c(F)c(F)c(F)c2F)ccc2cc3c(=O)n(CC(=O)Oc4c(F)c(F)c(F)c(F)c4F)c(=O)nc-3n(C)c12. The van der Waals surface area contributed by atoms with Crippen LogP contribution in [0.3, 0.4) is 0 Å². The number of fused-ring (bicyclic) bond motifs is 2. The van der Waals surface area contributed by atoms with Gasteiger partial charge in [0.25, 0.3) is 5.56 Å². The van der Waals surface area contributed by atoms with Crippen LogP contribution in [0, 0.1) is 65.1 Å². The Morgan fingerprint density at radius 3 is 1.69 bits per heavy atom. The van der Waals surface area contributed by atoms with Gasteiger partial charge in [-0.3, -0.25) is 9.59 Å². The highest BCUT2D eigenvalue weighted by molar-refractivity contribution is 5.88. The van der Waals surface area contributed by atoms with E-state index in [0.29, 0.717) is 22.0 Å². The van der Waals surface area contributed by atoms with E-state index >= 15 is 0 Å². The van der Waals surface area contributed by atoms with Crippen LogP contribution in [-0.4, -0.2) is 26.1 Å². The molecule has 0 radical (unpaired) electrons. The van der Waals surface area contributed by atoms with Gasteiger partial charge in [0, 0.05) is 13.5 Å². The molecule has 3 aromatic rings. The summed E-state index contributed by atoms with van der Waals surface area (Å²) in [6.07, 6.45) is -0.779. The van der Waals surface area contributed by atoms with E-state index in [9.17, 15) is 63.1 Å². The number of aromatic nitrogens is 3. The van der Waals surface area contributed by atoms with Crippen molar-refractivity contribution in [3.05, 3.63) is 108 Å². The molecule has 3 aromatic carbocycles. The molecule has 0 N–H and O–H groups in total. The van der Waals surface area contributed by atoms with Crippen molar-refractivity contribution in [2.45, 2.75) is 26.3 Å². The standard InChI is InChI=1S/C30H15F10N3O6/c1-9-10(5-6-13(44)48-26-21(37)17(33)15(31)18(34)22(26)38)3-4-11-7-12-28(42(2)25(9)11)41-30(47)43(29(12)46)8-14(45)49-27-23(39)19(35)16(32)20(36)24(27)40/h3-4,7H,5-6,8H2,1-2H3. The van der Waals surface area contributed by atoms with Crippen LogP contribution in [0.2, 0.25) is 0 Å². The zero-order chi connectivity index (χ0) is 36.2. The third-order valence-electron chi connectivity index (χ3n) is 7.33. The number of aryl methyl sites for hydroxylation is 3. The molecule has 0 saturated heterocycles. The van der Waals surface area contributed by atoms with Crippen LogP contribution in [0.1, 0.15) is 17.5 Å². The van der Waals surface area contributed by atoms with Gasteiger partial charge in [0.05, 0.1) is 11.1 Å². The lowest BCUT2D eigenvalue weighted by Crippen LogP contribution is -2.40. The quantitative estimate of drug-likeness (QED) is 0.0584. The van der Waals surface area contributed by atoms with Crippen molar-refractivity contribution in [1.29, 1.82) is 0 Å². The van der Waals surface area contributed by atoms with Gasteiger partial charge in [-0.1, -0.05) is 12.1 Å². The summed E-state index contributed by atoms with van der Waals surface area (Å²) in [5.74, 6) is -31.1. The molecule has 19 heteroatoms.